The van der Waals surface area contributed by atoms with E-state index in [9.17, 15) is 18.1 Å². The van der Waals surface area contributed by atoms with Crippen LogP contribution in [0, 0.1) is 12.8 Å². The van der Waals surface area contributed by atoms with Gasteiger partial charge in [-0.1, -0.05) is 27.7 Å². The first-order valence-corrected chi connectivity index (χ1v) is 18.2. The Morgan fingerprint density at radius 2 is 1.84 bits per heavy atom. The molecule has 1 fully saturated rings. The van der Waals surface area contributed by atoms with Gasteiger partial charge in [-0.05, 0) is 57.3 Å². The van der Waals surface area contributed by atoms with E-state index in [-0.39, 0.29) is 46.6 Å². The van der Waals surface area contributed by atoms with Crippen LogP contribution in [-0.2, 0) is 16.4 Å². The van der Waals surface area contributed by atoms with Gasteiger partial charge in [-0.3, -0.25) is 0 Å². The minimum atomic E-state index is -3.87. The molecule has 1 aliphatic rings. The summed E-state index contributed by atoms with van der Waals surface area (Å²) >= 11 is -0.898. The van der Waals surface area contributed by atoms with Crippen LogP contribution in [0.2, 0.25) is 0 Å². The molecule has 0 bridgehead atoms. The highest BCUT2D eigenvalue weighted by Gasteiger charge is 2.32. The Kier molecular flexibility index (Phi) is 11.5. The molecular formula is C28H45N7O5S3. The lowest BCUT2D eigenvalue weighted by atomic mass is 10.0. The zero-order chi connectivity index (χ0) is 31.3. The zero-order valence-electron chi connectivity index (χ0n) is 25.9. The molecule has 12 nitrogen and oxygen atoms in total. The molecule has 1 saturated heterocycles. The van der Waals surface area contributed by atoms with Crippen molar-refractivity contribution in [2.75, 3.05) is 63.5 Å². The number of aryl methyl sites for hydroxylation is 2. The molecule has 0 aliphatic carbocycles. The van der Waals surface area contributed by atoms with Crippen LogP contribution in [0.3, 0.4) is 0 Å². The smallest absolute Gasteiger partial charge is 0.256 e. The van der Waals surface area contributed by atoms with Crippen molar-refractivity contribution in [3.8, 4) is 5.75 Å². The molecular weight excluding hydrogens is 611 g/mol. The summed E-state index contributed by atoms with van der Waals surface area (Å²) in [5, 5.41) is 17.3. The Bertz CT molecular complexity index is 1440. The number of hydrogen-bond donors (Lipinski definition) is 3. The summed E-state index contributed by atoms with van der Waals surface area (Å²) in [6, 6.07) is 1.78. The van der Waals surface area contributed by atoms with Crippen molar-refractivity contribution >= 4 is 49.8 Å². The topological polar surface area (TPSA) is 150 Å². The first-order chi connectivity index (χ1) is 20.4. The largest absolute Gasteiger partial charge is 0.546 e. The first-order valence-electron chi connectivity index (χ1n) is 14.9. The Balaban J connectivity index is 1.44. The average Bonchev–Trinajstić information content (AvgIpc) is 3.65. The molecule has 1 unspecified atom stereocenters. The van der Waals surface area contributed by atoms with E-state index < -0.39 is 26.9 Å². The minimum Gasteiger partial charge on any atom is -0.546 e. The molecule has 15 heteroatoms. The first kappa shape index (κ1) is 33.6. The Hall–Kier alpha value is -2.27. The molecule has 3 aromatic heterocycles. The van der Waals surface area contributed by atoms with Crippen molar-refractivity contribution < 1.29 is 22.5 Å². The fourth-order valence-corrected chi connectivity index (χ4v) is 8.93. The van der Waals surface area contributed by atoms with Crippen LogP contribution in [0.5, 0.6) is 5.75 Å². The van der Waals surface area contributed by atoms with E-state index in [1.807, 2.05) is 13.8 Å². The van der Waals surface area contributed by atoms with E-state index in [0.29, 0.717) is 4.88 Å². The molecule has 3 aromatic rings. The van der Waals surface area contributed by atoms with Gasteiger partial charge in [0.1, 0.15) is 5.76 Å². The van der Waals surface area contributed by atoms with Gasteiger partial charge in [0, 0.05) is 52.9 Å². The van der Waals surface area contributed by atoms with Gasteiger partial charge >= 0.3 is 0 Å². The monoisotopic (exact) mass is 655 g/mol. The second kappa shape index (κ2) is 14.7. The lowest BCUT2D eigenvalue weighted by Crippen LogP contribution is -2.44. The summed E-state index contributed by atoms with van der Waals surface area (Å²) in [5.74, 6) is 0.850. The summed E-state index contributed by atoms with van der Waals surface area (Å²) in [4.78, 5) is 5.44. The number of rotatable bonds is 15. The normalized spacial score (nSPS) is 16.3. The molecule has 3 N–H and O–H groups in total. The highest BCUT2D eigenvalue weighted by molar-refractivity contribution is 7.91. The molecule has 4 heterocycles. The number of aromatic nitrogens is 2. The molecule has 2 atom stereocenters. The second-order valence-electron chi connectivity index (χ2n) is 11.3. The molecule has 43 heavy (non-hydrogen) atoms. The van der Waals surface area contributed by atoms with E-state index >= 15 is 0 Å². The zero-order valence-corrected chi connectivity index (χ0v) is 28.4. The molecule has 0 aromatic carbocycles. The molecule has 0 amide bonds. The summed E-state index contributed by atoms with van der Waals surface area (Å²) in [6.07, 6.45) is 4.94. The molecule has 0 spiro atoms. The molecule has 0 radical (unpaired) electrons. The van der Waals surface area contributed by atoms with E-state index in [0.717, 1.165) is 74.6 Å². The van der Waals surface area contributed by atoms with Crippen molar-refractivity contribution in [1.82, 2.24) is 22.9 Å². The molecule has 240 valence electrons. The number of unbranched alkanes of at least 4 members (excludes halogenated alkanes) is 1. The number of thiophene rings is 1. The lowest BCUT2D eigenvalue weighted by molar-refractivity contribution is 0.152. The Labute approximate surface area is 262 Å². The summed E-state index contributed by atoms with van der Waals surface area (Å²) in [5.41, 5.74) is 1.33. The minimum absolute atomic E-state index is 0.0938. The molecule has 1 aliphatic heterocycles. The van der Waals surface area contributed by atoms with Gasteiger partial charge in [0.15, 0.2) is 21.1 Å². The van der Waals surface area contributed by atoms with Crippen LogP contribution >= 0.6 is 22.5 Å². The SMILES string of the molecule is CCN(CC)S(=O)(=O)c1sc(C)c(Nc2n[s+]([O-])nc2N[C@@H](c2cc(CCCCN3CCN(C)CC3)co2)C(C)C)c1O. The standard InChI is InChI=1S/C28H45N7O5S3/c1-7-35(8-2)43(38,39)28-25(36)24(20(5)41-28)30-27-26(31-42(37)32-27)29-23(19(3)4)22-17-21(18-40-22)11-9-10-12-34-15-13-33(6)14-16-34/h17-19,23,36H,7-16H2,1-6H3,(H,29,31)(H,30,32)/t23-,42?/m1/s1. The predicted octanol–water partition coefficient (Wildman–Crippen LogP) is 5.03. The second-order valence-corrected chi connectivity index (χ2v) is 15.5. The van der Waals surface area contributed by atoms with Gasteiger partial charge in [0.25, 0.3) is 10.0 Å². The Morgan fingerprint density at radius 1 is 1.16 bits per heavy atom. The van der Waals surface area contributed by atoms with Crippen LogP contribution in [-0.4, -0.2) is 93.8 Å². The van der Waals surface area contributed by atoms with Gasteiger partial charge in [-0.2, -0.15) is 4.31 Å². The van der Waals surface area contributed by atoms with Crippen LogP contribution in [0.1, 0.15) is 62.8 Å². The number of aromatic hydroxyl groups is 1. The fourth-order valence-electron chi connectivity index (χ4n) is 5.21. The van der Waals surface area contributed by atoms with Crippen molar-refractivity contribution in [2.45, 2.75) is 64.1 Å². The van der Waals surface area contributed by atoms with Gasteiger partial charge < -0.3 is 34.5 Å². The number of nitrogens with one attached hydrogen (secondary N) is 2. The number of sulfonamides is 1. The van der Waals surface area contributed by atoms with E-state index in [1.165, 1.54) is 4.31 Å². The maximum atomic E-state index is 13.1. The average molecular weight is 656 g/mol. The molecule has 4 rings (SSSR count). The van der Waals surface area contributed by atoms with E-state index in [4.69, 9.17) is 4.42 Å². The summed E-state index contributed by atoms with van der Waals surface area (Å²) in [7, 11) is -1.70. The van der Waals surface area contributed by atoms with Gasteiger partial charge in [-0.25, -0.2) is 8.42 Å². The lowest BCUT2D eigenvalue weighted by Gasteiger charge is -2.32. The third-order valence-electron chi connectivity index (χ3n) is 7.84. The summed E-state index contributed by atoms with van der Waals surface area (Å²) < 4.78 is 54.0. The highest BCUT2D eigenvalue weighted by atomic mass is 32.2. The quantitative estimate of drug-likeness (QED) is 0.150. The van der Waals surface area contributed by atoms with E-state index in [1.54, 1.807) is 27.0 Å². The number of piperazine rings is 1. The number of nitrogens with zero attached hydrogens (tertiary/aromatic N) is 5. The van der Waals surface area contributed by atoms with Crippen LogP contribution < -0.4 is 10.6 Å². The fraction of sp³-hybridized carbons (Fsp3) is 0.643. The van der Waals surface area contributed by atoms with Gasteiger partial charge in [0.05, 0.1) is 18.0 Å². The van der Waals surface area contributed by atoms with E-state index in [2.05, 4.69) is 42.3 Å². The van der Waals surface area contributed by atoms with Crippen LogP contribution in [0.25, 0.3) is 0 Å². The van der Waals surface area contributed by atoms with Crippen molar-refractivity contribution in [3.63, 3.8) is 0 Å². The maximum absolute atomic E-state index is 13.1. The summed E-state index contributed by atoms with van der Waals surface area (Å²) in [6.45, 7) is 15.5. The van der Waals surface area contributed by atoms with Crippen molar-refractivity contribution in [2.24, 2.45) is 5.92 Å². The third kappa shape index (κ3) is 8.07. The van der Waals surface area contributed by atoms with Gasteiger partial charge in [-0.15, -0.1) is 11.3 Å². The predicted molar refractivity (Wildman–Crippen MR) is 172 cm³/mol. The maximum Gasteiger partial charge on any atom is 0.256 e. The molecule has 0 saturated carbocycles. The number of likely N-dealkylation sites (N-methyl/N-ethyl adjacent to an activating group) is 1. The van der Waals surface area contributed by atoms with Crippen LogP contribution in [0.4, 0.5) is 17.3 Å². The highest BCUT2D eigenvalue weighted by Crippen LogP contribution is 2.45. The van der Waals surface area contributed by atoms with Gasteiger partial charge in [0.2, 0.25) is 11.6 Å². The third-order valence-corrected chi connectivity index (χ3v) is 12.1. The van der Waals surface area contributed by atoms with Crippen LogP contribution in [0.15, 0.2) is 21.0 Å². The Morgan fingerprint density at radius 3 is 2.49 bits per heavy atom. The number of hydrogen-bond acceptors (Lipinski definition) is 12. The number of furan rings is 1. The van der Waals surface area contributed by atoms with Crippen molar-refractivity contribution in [1.29, 1.82) is 0 Å². The van der Waals surface area contributed by atoms with Crippen molar-refractivity contribution in [3.05, 3.63) is 28.5 Å². The number of anilines is 3.